The third-order valence-electron chi connectivity index (χ3n) is 3.41. The van der Waals surface area contributed by atoms with Gasteiger partial charge in [0, 0.05) is 38.5 Å². The second kappa shape index (κ2) is 4.58. The van der Waals surface area contributed by atoms with Crippen LogP contribution in [0.4, 0.5) is 0 Å². The first kappa shape index (κ1) is 11.9. The lowest BCUT2D eigenvalue weighted by atomic mass is 10.1. The summed E-state index contributed by atoms with van der Waals surface area (Å²) in [4.78, 5) is 9.43. The minimum absolute atomic E-state index is 1.09. The summed E-state index contributed by atoms with van der Waals surface area (Å²) >= 11 is 3.47. The first-order valence-electron chi connectivity index (χ1n) is 6.39. The molecule has 0 aliphatic carbocycles. The van der Waals surface area contributed by atoms with E-state index in [1.807, 2.05) is 6.07 Å². The normalized spacial score (nSPS) is 11.2. The van der Waals surface area contributed by atoms with E-state index in [0.29, 0.717) is 0 Å². The predicted octanol–water partition coefficient (Wildman–Crippen LogP) is 5.33. The third kappa shape index (κ3) is 1.80. The highest BCUT2D eigenvalue weighted by atomic mass is 32.1. The molecule has 4 aromatic rings. The van der Waals surface area contributed by atoms with E-state index in [1.54, 1.807) is 22.7 Å². The predicted molar refractivity (Wildman–Crippen MR) is 87.5 cm³/mol. The van der Waals surface area contributed by atoms with Gasteiger partial charge in [0.2, 0.25) is 0 Å². The van der Waals surface area contributed by atoms with Crippen LogP contribution in [0.5, 0.6) is 0 Å². The Labute approximate surface area is 124 Å². The molecule has 0 atom stereocenters. The number of para-hydroxylation sites is 1. The minimum atomic E-state index is 1.09. The number of H-pyrrole nitrogens is 1. The van der Waals surface area contributed by atoms with Gasteiger partial charge in [-0.05, 0) is 24.4 Å². The number of fused-ring (bicyclic) bond motifs is 1. The van der Waals surface area contributed by atoms with Gasteiger partial charge in [0.1, 0.15) is 5.01 Å². The van der Waals surface area contributed by atoms with Crippen LogP contribution in [0.2, 0.25) is 0 Å². The van der Waals surface area contributed by atoms with Crippen molar-refractivity contribution >= 4 is 33.6 Å². The van der Waals surface area contributed by atoms with Crippen LogP contribution < -0.4 is 0 Å². The van der Waals surface area contributed by atoms with E-state index in [1.165, 1.54) is 21.4 Å². The van der Waals surface area contributed by atoms with E-state index < -0.39 is 0 Å². The molecule has 0 spiro atoms. The van der Waals surface area contributed by atoms with Crippen LogP contribution in [0.25, 0.3) is 32.7 Å². The number of benzene rings is 1. The van der Waals surface area contributed by atoms with E-state index in [-0.39, 0.29) is 0 Å². The molecule has 1 aromatic carbocycles. The quantitative estimate of drug-likeness (QED) is 0.532. The highest BCUT2D eigenvalue weighted by molar-refractivity contribution is 7.16. The Bertz CT molecular complexity index is 869. The van der Waals surface area contributed by atoms with Crippen molar-refractivity contribution in [2.24, 2.45) is 0 Å². The van der Waals surface area contributed by atoms with Gasteiger partial charge < -0.3 is 4.98 Å². The van der Waals surface area contributed by atoms with Crippen molar-refractivity contribution in [1.29, 1.82) is 0 Å². The van der Waals surface area contributed by atoms with Crippen LogP contribution in [-0.2, 0) is 0 Å². The minimum Gasteiger partial charge on any atom is -0.360 e. The maximum atomic E-state index is 4.85. The summed E-state index contributed by atoms with van der Waals surface area (Å²) in [5.74, 6) is 0. The molecule has 0 saturated heterocycles. The molecule has 1 N–H and O–H groups in total. The van der Waals surface area contributed by atoms with E-state index >= 15 is 0 Å². The first-order valence-corrected chi connectivity index (χ1v) is 8.15. The highest BCUT2D eigenvalue weighted by Gasteiger charge is 2.14. The fourth-order valence-corrected chi connectivity index (χ4v) is 4.06. The lowest BCUT2D eigenvalue weighted by Gasteiger charge is -1.96. The standard InChI is InChI=1S/C16H12N2S2/c1-10-15(18-16(20-10)11-6-7-19-9-11)13-8-17-14-5-3-2-4-12(13)14/h2-9,17H,1H3. The van der Waals surface area contributed by atoms with E-state index in [9.17, 15) is 0 Å². The van der Waals surface area contributed by atoms with Crippen LogP contribution in [-0.4, -0.2) is 9.97 Å². The smallest absolute Gasteiger partial charge is 0.125 e. The second-order valence-corrected chi connectivity index (χ2v) is 6.67. The molecule has 0 fully saturated rings. The monoisotopic (exact) mass is 296 g/mol. The van der Waals surface area contributed by atoms with Gasteiger partial charge in [-0.25, -0.2) is 4.98 Å². The average molecular weight is 296 g/mol. The summed E-state index contributed by atoms with van der Waals surface area (Å²) in [7, 11) is 0. The molecule has 3 heterocycles. The number of thiazole rings is 1. The second-order valence-electron chi connectivity index (χ2n) is 4.68. The van der Waals surface area contributed by atoms with Gasteiger partial charge >= 0.3 is 0 Å². The number of nitrogens with zero attached hydrogens (tertiary/aromatic N) is 1. The van der Waals surface area contributed by atoms with Gasteiger partial charge in [0.25, 0.3) is 0 Å². The van der Waals surface area contributed by atoms with Crippen LogP contribution >= 0.6 is 22.7 Å². The van der Waals surface area contributed by atoms with Crippen molar-refractivity contribution in [3.8, 4) is 21.8 Å². The number of aryl methyl sites for hydroxylation is 1. The van der Waals surface area contributed by atoms with Crippen molar-refractivity contribution in [2.45, 2.75) is 6.92 Å². The molecule has 0 radical (unpaired) electrons. The lowest BCUT2D eigenvalue weighted by Crippen LogP contribution is -1.79. The number of aromatic nitrogens is 2. The summed E-state index contributed by atoms with van der Waals surface area (Å²) in [5, 5.41) is 6.58. The maximum Gasteiger partial charge on any atom is 0.125 e. The molecular weight excluding hydrogens is 284 g/mol. The lowest BCUT2D eigenvalue weighted by molar-refractivity contribution is 1.37. The van der Waals surface area contributed by atoms with Gasteiger partial charge in [0.05, 0.1) is 5.69 Å². The molecule has 0 unspecified atom stereocenters. The molecular formula is C16H12N2S2. The largest absolute Gasteiger partial charge is 0.360 e. The molecule has 4 rings (SSSR count). The third-order valence-corrected chi connectivity index (χ3v) is 5.11. The molecule has 20 heavy (non-hydrogen) atoms. The summed E-state index contributed by atoms with van der Waals surface area (Å²) in [6.45, 7) is 2.14. The number of thiophene rings is 1. The van der Waals surface area contributed by atoms with Gasteiger partial charge in [-0.3, -0.25) is 0 Å². The summed E-state index contributed by atoms with van der Waals surface area (Å²) in [5.41, 5.74) is 4.66. The SMILES string of the molecule is Cc1sc(-c2ccsc2)nc1-c1c[nH]c2ccccc12. The molecule has 0 aliphatic heterocycles. The van der Waals surface area contributed by atoms with Gasteiger partial charge in [-0.2, -0.15) is 11.3 Å². The average Bonchev–Trinajstić information content (AvgIpc) is 3.16. The zero-order valence-electron chi connectivity index (χ0n) is 10.9. The van der Waals surface area contributed by atoms with Gasteiger partial charge in [-0.1, -0.05) is 18.2 Å². The summed E-state index contributed by atoms with van der Waals surface area (Å²) < 4.78 is 0. The van der Waals surface area contributed by atoms with E-state index in [4.69, 9.17) is 4.98 Å². The van der Waals surface area contributed by atoms with Crippen LogP contribution in [0.1, 0.15) is 4.88 Å². The Hall–Kier alpha value is -1.91. The molecule has 98 valence electrons. The topological polar surface area (TPSA) is 28.7 Å². The number of nitrogens with one attached hydrogen (secondary N) is 1. The van der Waals surface area contributed by atoms with Crippen LogP contribution in [0.3, 0.4) is 0 Å². The number of hydrogen-bond donors (Lipinski definition) is 1. The molecule has 0 saturated carbocycles. The Balaban J connectivity index is 1.90. The Kier molecular flexibility index (Phi) is 2.72. The summed E-state index contributed by atoms with van der Waals surface area (Å²) in [6, 6.07) is 10.5. The number of aromatic amines is 1. The molecule has 4 heteroatoms. The molecule has 2 nitrogen and oxygen atoms in total. The highest BCUT2D eigenvalue weighted by Crippen LogP contribution is 2.36. The first-order chi connectivity index (χ1) is 9.83. The van der Waals surface area contributed by atoms with E-state index in [2.05, 4.69) is 53.1 Å². The van der Waals surface area contributed by atoms with Crippen molar-refractivity contribution in [3.63, 3.8) is 0 Å². The Morgan fingerprint density at radius 1 is 1.15 bits per heavy atom. The van der Waals surface area contributed by atoms with Crippen LogP contribution in [0, 0.1) is 6.92 Å². The molecule has 0 bridgehead atoms. The Morgan fingerprint density at radius 3 is 2.90 bits per heavy atom. The van der Waals surface area contributed by atoms with Crippen molar-refractivity contribution in [3.05, 3.63) is 52.2 Å². The maximum absolute atomic E-state index is 4.85. The number of hydrogen-bond acceptors (Lipinski definition) is 3. The number of rotatable bonds is 2. The van der Waals surface area contributed by atoms with Gasteiger partial charge in [-0.15, -0.1) is 11.3 Å². The van der Waals surface area contributed by atoms with Crippen molar-refractivity contribution in [1.82, 2.24) is 9.97 Å². The van der Waals surface area contributed by atoms with Crippen LogP contribution in [0.15, 0.2) is 47.3 Å². The fourth-order valence-electron chi connectivity index (χ4n) is 2.42. The summed E-state index contributed by atoms with van der Waals surface area (Å²) in [6.07, 6.45) is 2.06. The Morgan fingerprint density at radius 2 is 2.05 bits per heavy atom. The molecule has 3 aromatic heterocycles. The van der Waals surface area contributed by atoms with E-state index in [0.717, 1.165) is 16.2 Å². The van der Waals surface area contributed by atoms with Crippen molar-refractivity contribution < 1.29 is 0 Å². The van der Waals surface area contributed by atoms with Crippen molar-refractivity contribution in [2.75, 3.05) is 0 Å². The molecule has 0 amide bonds. The fraction of sp³-hybridized carbons (Fsp3) is 0.0625. The zero-order valence-corrected chi connectivity index (χ0v) is 12.5. The molecule has 0 aliphatic rings. The van der Waals surface area contributed by atoms with Gasteiger partial charge in [0.15, 0.2) is 0 Å². The zero-order chi connectivity index (χ0) is 13.5.